The number of nitriles is 1. The topological polar surface area (TPSA) is 44.5 Å². The Morgan fingerprint density at radius 1 is 1.24 bits per heavy atom. The predicted octanol–water partition coefficient (Wildman–Crippen LogP) is 4.60. The van der Waals surface area contributed by atoms with E-state index in [2.05, 4.69) is 20.9 Å². The Morgan fingerprint density at radius 3 is 2.52 bits per heavy atom. The summed E-state index contributed by atoms with van der Waals surface area (Å²) in [6, 6.07) is 9.21. The van der Waals surface area contributed by atoms with E-state index in [4.69, 9.17) is 17.5 Å². The second-order valence-electron chi connectivity index (χ2n) is 4.30. The lowest BCUT2D eigenvalue weighted by Crippen LogP contribution is -2.02. The third kappa shape index (κ3) is 2.17. The number of hydrogen-bond donors (Lipinski definition) is 1. The average Bonchev–Trinajstić information content (AvgIpc) is 2.74. The van der Waals surface area contributed by atoms with Crippen LogP contribution in [0.1, 0.15) is 5.56 Å². The van der Waals surface area contributed by atoms with Crippen LogP contribution in [0.25, 0.3) is 16.7 Å². The molecule has 0 bridgehead atoms. The molecule has 0 aliphatic carbocycles. The van der Waals surface area contributed by atoms with Crippen LogP contribution in [0.3, 0.4) is 0 Å². The van der Waals surface area contributed by atoms with Gasteiger partial charge in [0.25, 0.3) is 0 Å². The van der Waals surface area contributed by atoms with Crippen molar-refractivity contribution in [3.8, 4) is 11.8 Å². The molecule has 0 saturated heterocycles. The number of aromatic amines is 1. The molecule has 7 heteroatoms. The molecule has 0 aliphatic rings. The van der Waals surface area contributed by atoms with Crippen molar-refractivity contribution in [1.29, 1.82) is 5.26 Å². The molecule has 0 atom stereocenters. The normalized spacial score (nSPS) is 10.8. The Kier molecular flexibility index (Phi) is 3.35. The van der Waals surface area contributed by atoms with E-state index < -0.39 is 11.6 Å². The van der Waals surface area contributed by atoms with Crippen LogP contribution in [0.15, 0.2) is 34.8 Å². The fraction of sp³-hybridized carbons (Fsp3) is 0. The molecule has 0 unspecified atom stereocenters. The number of rotatable bonds is 1. The van der Waals surface area contributed by atoms with Gasteiger partial charge in [-0.15, -0.1) is 0 Å². The maximum Gasteiger partial charge on any atom is 0.182 e. The maximum atomic E-state index is 14.1. The lowest BCUT2D eigenvalue weighted by atomic mass is 10.2. The van der Waals surface area contributed by atoms with Gasteiger partial charge in [-0.2, -0.15) is 5.26 Å². The number of imidazole rings is 1. The molecule has 21 heavy (non-hydrogen) atoms. The van der Waals surface area contributed by atoms with E-state index in [-0.39, 0.29) is 10.5 Å². The minimum absolute atomic E-state index is 0.118. The molecule has 3 aromatic rings. The summed E-state index contributed by atoms with van der Waals surface area (Å²) >= 11 is 8.18. The monoisotopic (exact) mass is 365 g/mol. The molecule has 0 saturated carbocycles. The van der Waals surface area contributed by atoms with Crippen LogP contribution in [-0.4, -0.2) is 9.55 Å². The van der Waals surface area contributed by atoms with Crippen molar-refractivity contribution in [3.63, 3.8) is 0 Å². The number of hydrogen-bond acceptors (Lipinski definition) is 2. The molecule has 0 amide bonds. The van der Waals surface area contributed by atoms with E-state index in [0.717, 1.165) is 12.1 Å². The summed E-state index contributed by atoms with van der Waals surface area (Å²) in [4.78, 5) is 2.82. The number of fused-ring (bicyclic) bond motifs is 1. The number of halogens is 3. The molecular weight excluding hydrogens is 360 g/mol. The molecule has 0 spiro atoms. The van der Waals surface area contributed by atoms with Crippen LogP contribution >= 0.6 is 28.1 Å². The molecular formula is C14H6BrF2N3S. The zero-order chi connectivity index (χ0) is 15.1. The minimum atomic E-state index is -0.749. The number of H-pyrrole nitrogens is 1. The Balaban J connectivity index is 2.45. The first-order valence-electron chi connectivity index (χ1n) is 5.81. The van der Waals surface area contributed by atoms with Gasteiger partial charge in [-0.05, 0) is 36.5 Å². The molecule has 0 fully saturated rings. The van der Waals surface area contributed by atoms with Gasteiger partial charge in [0.05, 0.1) is 16.6 Å². The van der Waals surface area contributed by atoms with E-state index in [1.165, 1.54) is 4.57 Å². The van der Waals surface area contributed by atoms with Crippen LogP contribution in [0.5, 0.6) is 0 Å². The maximum absolute atomic E-state index is 14.1. The van der Waals surface area contributed by atoms with Crippen LogP contribution in [0, 0.1) is 27.7 Å². The van der Waals surface area contributed by atoms with Crippen molar-refractivity contribution in [2.75, 3.05) is 0 Å². The van der Waals surface area contributed by atoms with Crippen LogP contribution in [0.4, 0.5) is 8.78 Å². The van der Waals surface area contributed by atoms with E-state index in [1.54, 1.807) is 18.2 Å². The highest BCUT2D eigenvalue weighted by Crippen LogP contribution is 2.27. The lowest BCUT2D eigenvalue weighted by molar-refractivity contribution is 0.569. The predicted molar refractivity (Wildman–Crippen MR) is 80.8 cm³/mol. The molecule has 3 nitrogen and oxygen atoms in total. The summed E-state index contributed by atoms with van der Waals surface area (Å²) in [5, 5.41) is 9.08. The summed E-state index contributed by atoms with van der Waals surface area (Å²) in [7, 11) is 0. The SMILES string of the molecule is N#Cc1cccc2c1[nH]c(=S)n2-c1c(F)cc(Br)cc1F. The first kappa shape index (κ1) is 13.9. The first-order chi connectivity index (χ1) is 10.0. The van der Waals surface area contributed by atoms with Crippen molar-refractivity contribution in [3.05, 3.63) is 56.8 Å². The largest absolute Gasteiger partial charge is 0.329 e. The molecule has 0 aliphatic heterocycles. The Hall–Kier alpha value is -2.04. The van der Waals surface area contributed by atoms with Gasteiger partial charge in [-0.1, -0.05) is 22.0 Å². The smallest absolute Gasteiger partial charge is 0.182 e. The van der Waals surface area contributed by atoms with Crippen LogP contribution in [0.2, 0.25) is 0 Å². The minimum Gasteiger partial charge on any atom is -0.329 e. The number of aromatic nitrogens is 2. The summed E-state index contributed by atoms with van der Waals surface area (Å²) in [5.41, 5.74) is 0.978. The van der Waals surface area contributed by atoms with Gasteiger partial charge in [0.2, 0.25) is 0 Å². The van der Waals surface area contributed by atoms with Crippen molar-refractivity contribution in [2.45, 2.75) is 0 Å². The van der Waals surface area contributed by atoms with Gasteiger partial charge in [0, 0.05) is 4.47 Å². The number of benzene rings is 2. The van der Waals surface area contributed by atoms with Gasteiger partial charge in [-0.25, -0.2) is 8.78 Å². The van der Waals surface area contributed by atoms with Crippen molar-refractivity contribution in [1.82, 2.24) is 9.55 Å². The van der Waals surface area contributed by atoms with Crippen molar-refractivity contribution >= 4 is 39.2 Å². The summed E-state index contributed by atoms with van der Waals surface area (Å²) in [5.74, 6) is -1.50. The van der Waals surface area contributed by atoms with E-state index in [0.29, 0.717) is 21.1 Å². The van der Waals surface area contributed by atoms with Gasteiger partial charge < -0.3 is 4.98 Å². The Labute approximate surface area is 131 Å². The lowest BCUT2D eigenvalue weighted by Gasteiger charge is -2.08. The summed E-state index contributed by atoms with van der Waals surface area (Å²) < 4.78 is 30.0. The number of nitrogens with one attached hydrogen (secondary N) is 1. The second kappa shape index (κ2) is 5.06. The van der Waals surface area contributed by atoms with E-state index in [1.807, 2.05) is 6.07 Å². The van der Waals surface area contributed by atoms with E-state index >= 15 is 0 Å². The van der Waals surface area contributed by atoms with Crippen LogP contribution in [-0.2, 0) is 0 Å². The standard InChI is InChI=1S/C14H6BrF2N3S/c15-8-4-9(16)13(10(17)5-8)20-11-3-1-2-7(6-18)12(11)19-14(20)21/h1-5H,(H,19,21). The van der Waals surface area contributed by atoms with Gasteiger partial charge in [0.15, 0.2) is 16.4 Å². The zero-order valence-electron chi connectivity index (χ0n) is 10.3. The highest BCUT2D eigenvalue weighted by Gasteiger charge is 2.17. The molecule has 1 N–H and O–H groups in total. The molecule has 104 valence electrons. The Morgan fingerprint density at radius 2 is 1.90 bits per heavy atom. The highest BCUT2D eigenvalue weighted by atomic mass is 79.9. The second-order valence-corrected chi connectivity index (χ2v) is 5.60. The molecule has 1 aromatic heterocycles. The van der Waals surface area contributed by atoms with E-state index in [9.17, 15) is 8.78 Å². The van der Waals surface area contributed by atoms with Gasteiger partial charge in [0.1, 0.15) is 11.8 Å². The average molecular weight is 366 g/mol. The highest BCUT2D eigenvalue weighted by molar-refractivity contribution is 9.10. The Bertz CT molecular complexity index is 945. The van der Waals surface area contributed by atoms with Gasteiger partial charge in [-0.3, -0.25) is 4.57 Å². The fourth-order valence-electron chi connectivity index (χ4n) is 2.19. The summed E-state index contributed by atoms with van der Waals surface area (Å²) in [6.45, 7) is 0. The molecule has 3 rings (SSSR count). The first-order valence-corrected chi connectivity index (χ1v) is 7.02. The zero-order valence-corrected chi connectivity index (χ0v) is 12.7. The third-order valence-corrected chi connectivity index (χ3v) is 3.79. The summed E-state index contributed by atoms with van der Waals surface area (Å²) in [6.07, 6.45) is 0. The third-order valence-electron chi connectivity index (χ3n) is 3.04. The van der Waals surface area contributed by atoms with Crippen LogP contribution < -0.4 is 0 Å². The van der Waals surface area contributed by atoms with Gasteiger partial charge >= 0.3 is 0 Å². The van der Waals surface area contributed by atoms with Crippen molar-refractivity contribution < 1.29 is 8.78 Å². The molecule has 0 radical (unpaired) electrons. The quantitative estimate of drug-likeness (QED) is 0.640. The number of para-hydroxylation sites is 1. The molecule has 1 heterocycles. The molecule has 2 aromatic carbocycles. The van der Waals surface area contributed by atoms with Crippen molar-refractivity contribution in [2.24, 2.45) is 0 Å². The number of nitrogens with zero attached hydrogens (tertiary/aromatic N) is 2. The fourth-order valence-corrected chi connectivity index (χ4v) is 2.89.